The van der Waals surface area contributed by atoms with Crippen LogP contribution in [-0.2, 0) is 0 Å². The summed E-state index contributed by atoms with van der Waals surface area (Å²) >= 11 is 3.53. The first-order valence-corrected chi connectivity index (χ1v) is 6.76. The molecule has 0 saturated carbocycles. The number of rotatable bonds is 3. The molecule has 0 aliphatic carbocycles. The van der Waals surface area contributed by atoms with Crippen LogP contribution in [0.1, 0.15) is 38.0 Å². The van der Waals surface area contributed by atoms with Gasteiger partial charge < -0.3 is 10.2 Å². The summed E-state index contributed by atoms with van der Waals surface area (Å²) in [5.41, 5.74) is 6.24. The number of nitrogens with zero attached hydrogens (tertiary/aromatic N) is 1. The molecule has 2 rings (SSSR count). The van der Waals surface area contributed by atoms with E-state index in [4.69, 9.17) is 10.2 Å². The van der Waals surface area contributed by atoms with E-state index in [2.05, 4.69) is 27.8 Å². The van der Waals surface area contributed by atoms with Crippen LogP contribution in [0, 0.1) is 0 Å². The number of furan rings is 1. The van der Waals surface area contributed by atoms with Crippen molar-refractivity contribution >= 4 is 15.9 Å². The maximum Gasteiger partial charge on any atom is 0.136 e. The highest BCUT2D eigenvalue weighted by Crippen LogP contribution is 2.34. The van der Waals surface area contributed by atoms with Crippen molar-refractivity contribution in [3.05, 3.63) is 22.6 Å². The summed E-state index contributed by atoms with van der Waals surface area (Å²) in [6, 6.07) is 2.36. The number of nitrogens with two attached hydrogens (primary N) is 1. The topological polar surface area (TPSA) is 42.4 Å². The lowest BCUT2D eigenvalue weighted by Crippen LogP contribution is -2.46. The first kappa shape index (κ1) is 12.1. The third kappa shape index (κ3) is 2.34. The zero-order valence-electron chi connectivity index (χ0n) is 9.66. The molecule has 1 fully saturated rings. The highest BCUT2D eigenvalue weighted by atomic mass is 79.9. The monoisotopic (exact) mass is 286 g/mol. The first-order chi connectivity index (χ1) is 7.74. The summed E-state index contributed by atoms with van der Waals surface area (Å²) in [4.78, 5) is 2.44. The first-order valence-electron chi connectivity index (χ1n) is 5.96. The van der Waals surface area contributed by atoms with E-state index < -0.39 is 0 Å². The summed E-state index contributed by atoms with van der Waals surface area (Å²) in [5, 5.41) is 0. The Morgan fingerprint density at radius 2 is 2.44 bits per heavy atom. The van der Waals surface area contributed by atoms with Gasteiger partial charge in [0.15, 0.2) is 0 Å². The van der Waals surface area contributed by atoms with Crippen LogP contribution in [0.15, 0.2) is 21.2 Å². The van der Waals surface area contributed by atoms with Crippen LogP contribution in [0.3, 0.4) is 0 Å². The van der Waals surface area contributed by atoms with Crippen LogP contribution in [0.2, 0.25) is 0 Å². The maximum atomic E-state index is 6.24. The zero-order chi connectivity index (χ0) is 11.5. The minimum absolute atomic E-state index is 0.183. The Kier molecular flexibility index (Phi) is 4.05. The third-order valence-electron chi connectivity index (χ3n) is 3.21. The summed E-state index contributed by atoms with van der Waals surface area (Å²) in [6.07, 6.45) is 5.15. The molecule has 1 aliphatic heterocycles. The van der Waals surface area contributed by atoms with Crippen LogP contribution < -0.4 is 5.73 Å². The lowest BCUT2D eigenvalue weighted by Gasteiger charge is -2.38. The lowest BCUT2D eigenvalue weighted by atomic mass is 9.95. The molecule has 0 aromatic carbocycles. The van der Waals surface area contributed by atoms with Crippen molar-refractivity contribution in [1.29, 1.82) is 0 Å². The third-order valence-corrected chi connectivity index (χ3v) is 3.86. The molecule has 0 spiro atoms. The number of halogens is 1. The second-order valence-electron chi connectivity index (χ2n) is 4.42. The van der Waals surface area contributed by atoms with E-state index in [0.717, 1.165) is 36.2 Å². The molecule has 2 atom stereocenters. The van der Waals surface area contributed by atoms with Gasteiger partial charge in [0, 0.05) is 6.04 Å². The van der Waals surface area contributed by atoms with Crippen molar-refractivity contribution in [3.8, 4) is 0 Å². The molecule has 1 saturated heterocycles. The normalized spacial score (nSPS) is 27.2. The quantitative estimate of drug-likeness (QED) is 0.929. The Hall–Kier alpha value is -0.320. The lowest BCUT2D eigenvalue weighted by molar-refractivity contribution is 0.110. The molecule has 90 valence electrons. The second kappa shape index (κ2) is 5.34. The Bertz CT molecular complexity index is 338. The largest absolute Gasteiger partial charge is 0.466 e. The SMILES string of the molecule is CCCN1CCCC(N)C1c1occc1Br. The fourth-order valence-electron chi connectivity index (χ4n) is 2.51. The maximum absolute atomic E-state index is 6.24. The predicted molar refractivity (Wildman–Crippen MR) is 68.2 cm³/mol. The summed E-state index contributed by atoms with van der Waals surface area (Å²) < 4.78 is 6.62. The van der Waals surface area contributed by atoms with Crippen LogP contribution in [-0.4, -0.2) is 24.0 Å². The van der Waals surface area contributed by atoms with Crippen molar-refractivity contribution in [2.45, 2.75) is 38.3 Å². The predicted octanol–water partition coefficient (Wildman–Crippen LogP) is 2.92. The Morgan fingerprint density at radius 1 is 1.62 bits per heavy atom. The molecule has 1 aliphatic rings. The van der Waals surface area contributed by atoms with E-state index in [1.54, 1.807) is 6.26 Å². The minimum Gasteiger partial charge on any atom is -0.466 e. The molecule has 3 nitrogen and oxygen atoms in total. The summed E-state index contributed by atoms with van der Waals surface area (Å²) in [5.74, 6) is 0.987. The molecule has 0 bridgehead atoms. The fourth-order valence-corrected chi connectivity index (χ4v) is 2.95. The molecule has 16 heavy (non-hydrogen) atoms. The Balaban J connectivity index is 2.22. The van der Waals surface area contributed by atoms with Gasteiger partial charge in [-0.2, -0.15) is 0 Å². The highest BCUT2D eigenvalue weighted by Gasteiger charge is 2.33. The van der Waals surface area contributed by atoms with Crippen molar-refractivity contribution in [2.75, 3.05) is 13.1 Å². The van der Waals surface area contributed by atoms with Gasteiger partial charge in [0.05, 0.1) is 16.8 Å². The van der Waals surface area contributed by atoms with Gasteiger partial charge >= 0.3 is 0 Å². The molecule has 2 unspecified atom stereocenters. The van der Waals surface area contributed by atoms with Gasteiger partial charge in [-0.3, -0.25) is 4.90 Å². The molecule has 2 N–H and O–H groups in total. The number of hydrogen-bond acceptors (Lipinski definition) is 3. The van der Waals surface area contributed by atoms with Gasteiger partial charge in [0.25, 0.3) is 0 Å². The van der Waals surface area contributed by atoms with Gasteiger partial charge in [-0.25, -0.2) is 0 Å². The van der Waals surface area contributed by atoms with Gasteiger partial charge in [0.1, 0.15) is 5.76 Å². The van der Waals surface area contributed by atoms with Gasteiger partial charge in [-0.05, 0) is 54.3 Å². The van der Waals surface area contributed by atoms with E-state index in [1.807, 2.05) is 6.07 Å². The summed E-state index contributed by atoms with van der Waals surface area (Å²) in [7, 11) is 0. The standard InChI is InChI=1S/C12H19BrN2O/c1-2-6-15-7-3-4-10(14)11(15)12-9(13)5-8-16-12/h5,8,10-11H,2-4,6-7,14H2,1H3. The second-order valence-corrected chi connectivity index (χ2v) is 5.27. The van der Waals surface area contributed by atoms with E-state index in [0.29, 0.717) is 0 Å². The molecular weight excluding hydrogens is 268 g/mol. The van der Waals surface area contributed by atoms with Crippen molar-refractivity contribution < 1.29 is 4.42 Å². The number of likely N-dealkylation sites (tertiary alicyclic amines) is 1. The van der Waals surface area contributed by atoms with E-state index in [9.17, 15) is 0 Å². The molecule has 2 heterocycles. The van der Waals surface area contributed by atoms with Crippen molar-refractivity contribution in [1.82, 2.24) is 4.90 Å². The molecular formula is C12H19BrN2O. The summed E-state index contributed by atoms with van der Waals surface area (Å²) in [6.45, 7) is 4.42. The molecule has 1 aromatic heterocycles. The minimum atomic E-state index is 0.183. The van der Waals surface area contributed by atoms with E-state index >= 15 is 0 Å². The number of hydrogen-bond donors (Lipinski definition) is 1. The van der Waals surface area contributed by atoms with Crippen molar-refractivity contribution in [2.24, 2.45) is 5.73 Å². The molecule has 1 aromatic rings. The van der Waals surface area contributed by atoms with Crippen LogP contribution in [0.25, 0.3) is 0 Å². The molecule has 4 heteroatoms. The van der Waals surface area contributed by atoms with Gasteiger partial charge in [0.2, 0.25) is 0 Å². The van der Waals surface area contributed by atoms with Crippen LogP contribution in [0.5, 0.6) is 0 Å². The van der Waals surface area contributed by atoms with E-state index in [1.165, 1.54) is 6.42 Å². The van der Waals surface area contributed by atoms with Crippen LogP contribution in [0.4, 0.5) is 0 Å². The zero-order valence-corrected chi connectivity index (χ0v) is 11.2. The molecule has 0 radical (unpaired) electrons. The fraction of sp³-hybridized carbons (Fsp3) is 0.667. The van der Waals surface area contributed by atoms with E-state index in [-0.39, 0.29) is 12.1 Å². The Morgan fingerprint density at radius 3 is 3.06 bits per heavy atom. The van der Waals surface area contributed by atoms with Crippen LogP contribution >= 0.6 is 15.9 Å². The molecule has 0 amide bonds. The number of piperidine rings is 1. The average Bonchev–Trinajstić information content (AvgIpc) is 2.65. The van der Waals surface area contributed by atoms with Gasteiger partial charge in [-0.1, -0.05) is 6.92 Å². The Labute approximate surface area is 105 Å². The van der Waals surface area contributed by atoms with Gasteiger partial charge in [-0.15, -0.1) is 0 Å². The average molecular weight is 287 g/mol. The highest BCUT2D eigenvalue weighted by molar-refractivity contribution is 9.10. The van der Waals surface area contributed by atoms with Crippen molar-refractivity contribution in [3.63, 3.8) is 0 Å². The smallest absolute Gasteiger partial charge is 0.136 e.